The lowest BCUT2D eigenvalue weighted by Gasteiger charge is -2.13. The number of hydrogen-bond donors (Lipinski definition) is 0. The Hall–Kier alpha value is -2.55. The predicted octanol–water partition coefficient (Wildman–Crippen LogP) is 8.21. The van der Waals surface area contributed by atoms with Crippen LogP contribution in [0.4, 0.5) is 4.79 Å². The molecule has 0 atom stereocenters. The second-order valence-electron chi connectivity index (χ2n) is 8.01. The Morgan fingerprint density at radius 2 is 1.47 bits per heavy atom. The molecule has 3 heteroatoms. The highest BCUT2D eigenvalue weighted by atomic mass is 16.7. The van der Waals surface area contributed by atoms with Gasteiger partial charge >= 0.3 is 6.16 Å². The molecule has 3 aromatic rings. The molecule has 0 aromatic heterocycles. The number of fused-ring (bicyclic) bond motifs is 2. The van der Waals surface area contributed by atoms with Crippen LogP contribution in [0.5, 0.6) is 5.75 Å². The van der Waals surface area contributed by atoms with Crippen molar-refractivity contribution in [1.29, 1.82) is 0 Å². The normalized spacial score (nSPS) is 11.1. The number of carbonyl (C=O) groups is 1. The first-order chi connectivity index (χ1) is 14.7. The van der Waals surface area contributed by atoms with Crippen molar-refractivity contribution in [3.8, 4) is 5.75 Å². The van der Waals surface area contributed by atoms with Crippen LogP contribution in [0.2, 0.25) is 0 Å². The van der Waals surface area contributed by atoms with Gasteiger partial charge in [-0.25, -0.2) is 4.79 Å². The Labute approximate surface area is 180 Å². The van der Waals surface area contributed by atoms with Crippen LogP contribution in [0.15, 0.2) is 48.5 Å². The Bertz CT molecular complexity index is 961. The van der Waals surface area contributed by atoms with Gasteiger partial charge in [-0.05, 0) is 41.3 Å². The zero-order valence-corrected chi connectivity index (χ0v) is 18.4. The highest BCUT2D eigenvalue weighted by molar-refractivity contribution is 6.06. The number of carbonyl (C=O) groups excluding carboxylic acids is 1. The van der Waals surface area contributed by atoms with Crippen molar-refractivity contribution in [2.45, 2.75) is 71.6 Å². The third-order valence-corrected chi connectivity index (χ3v) is 5.69. The van der Waals surface area contributed by atoms with Crippen LogP contribution in [0.1, 0.15) is 70.8 Å². The third-order valence-electron chi connectivity index (χ3n) is 5.69. The summed E-state index contributed by atoms with van der Waals surface area (Å²) in [5.41, 5.74) is 1.22. The summed E-state index contributed by atoms with van der Waals surface area (Å²) in [6.07, 6.45) is 10.0. The molecule has 0 aliphatic rings. The molecule has 0 spiro atoms. The van der Waals surface area contributed by atoms with Gasteiger partial charge in [0.25, 0.3) is 0 Å². The molecule has 3 nitrogen and oxygen atoms in total. The lowest BCUT2D eigenvalue weighted by Crippen LogP contribution is -2.12. The number of ether oxygens (including phenoxy) is 2. The molecule has 0 aliphatic carbocycles. The van der Waals surface area contributed by atoms with E-state index in [9.17, 15) is 4.79 Å². The molecule has 0 aliphatic heterocycles. The molecule has 0 fully saturated rings. The first-order valence-electron chi connectivity index (χ1n) is 11.5. The maximum Gasteiger partial charge on any atom is 0.513 e. The van der Waals surface area contributed by atoms with Crippen molar-refractivity contribution in [2.24, 2.45) is 0 Å². The van der Waals surface area contributed by atoms with Gasteiger partial charge in [0.2, 0.25) is 0 Å². The lowest BCUT2D eigenvalue weighted by atomic mass is 9.99. The largest absolute Gasteiger partial charge is 0.513 e. The number of rotatable bonds is 11. The van der Waals surface area contributed by atoms with Crippen molar-refractivity contribution in [2.75, 3.05) is 6.61 Å². The van der Waals surface area contributed by atoms with Gasteiger partial charge in [0.05, 0.1) is 6.61 Å². The summed E-state index contributed by atoms with van der Waals surface area (Å²) < 4.78 is 11.1. The minimum absolute atomic E-state index is 0.413. The lowest BCUT2D eigenvalue weighted by molar-refractivity contribution is 0.0982. The molecule has 0 saturated heterocycles. The maximum atomic E-state index is 12.4. The summed E-state index contributed by atoms with van der Waals surface area (Å²) in [7, 11) is 0. The van der Waals surface area contributed by atoms with Crippen LogP contribution in [0, 0.1) is 0 Å². The van der Waals surface area contributed by atoms with E-state index < -0.39 is 6.16 Å². The number of aryl methyl sites for hydroxylation is 1. The molecule has 3 aromatic carbocycles. The van der Waals surface area contributed by atoms with Crippen LogP contribution >= 0.6 is 0 Å². The SMILES string of the molecule is CCCCCCCCCCOC(=O)Oc1c2ccccc2cc2ccc(CC)cc12. The number of benzene rings is 3. The minimum Gasteiger partial charge on any atom is -0.434 e. The fourth-order valence-corrected chi connectivity index (χ4v) is 3.90. The van der Waals surface area contributed by atoms with Gasteiger partial charge in [-0.3, -0.25) is 0 Å². The monoisotopic (exact) mass is 406 g/mol. The van der Waals surface area contributed by atoms with Crippen molar-refractivity contribution >= 4 is 27.7 Å². The van der Waals surface area contributed by atoms with E-state index in [2.05, 4.69) is 38.1 Å². The van der Waals surface area contributed by atoms with Crippen LogP contribution in [0.25, 0.3) is 21.5 Å². The second-order valence-corrected chi connectivity index (χ2v) is 8.01. The van der Waals surface area contributed by atoms with Crippen LogP contribution in [0.3, 0.4) is 0 Å². The van der Waals surface area contributed by atoms with Crippen LogP contribution in [-0.2, 0) is 11.2 Å². The molecule has 160 valence electrons. The first-order valence-corrected chi connectivity index (χ1v) is 11.5. The van der Waals surface area contributed by atoms with Crippen molar-refractivity contribution in [3.63, 3.8) is 0 Å². The standard InChI is InChI=1S/C27H34O3/c1-3-5-6-7-8-9-10-13-18-29-27(28)30-26-24-15-12-11-14-22(24)20-23-17-16-21(4-2)19-25(23)26/h11-12,14-17,19-20H,3-10,13,18H2,1-2H3. The molecule has 0 radical (unpaired) electrons. The molecule has 30 heavy (non-hydrogen) atoms. The van der Waals surface area contributed by atoms with Gasteiger partial charge in [0.15, 0.2) is 0 Å². The summed E-state index contributed by atoms with van der Waals surface area (Å²) in [5.74, 6) is 0.597. The van der Waals surface area contributed by atoms with E-state index in [1.807, 2.05) is 24.3 Å². The molecule has 0 unspecified atom stereocenters. The van der Waals surface area contributed by atoms with Gasteiger partial charge in [-0.2, -0.15) is 0 Å². The van der Waals surface area contributed by atoms with Crippen molar-refractivity contribution in [3.05, 3.63) is 54.1 Å². The average Bonchev–Trinajstić information content (AvgIpc) is 2.77. The smallest absolute Gasteiger partial charge is 0.434 e. The van der Waals surface area contributed by atoms with E-state index >= 15 is 0 Å². The zero-order valence-electron chi connectivity index (χ0n) is 18.4. The molecule has 0 heterocycles. The van der Waals surface area contributed by atoms with E-state index in [4.69, 9.17) is 9.47 Å². The number of hydrogen-bond acceptors (Lipinski definition) is 3. The quantitative estimate of drug-likeness (QED) is 0.139. The zero-order chi connectivity index (χ0) is 21.2. The minimum atomic E-state index is -0.613. The van der Waals surface area contributed by atoms with E-state index in [-0.39, 0.29) is 0 Å². The highest BCUT2D eigenvalue weighted by Gasteiger charge is 2.14. The van der Waals surface area contributed by atoms with Gasteiger partial charge in [-0.1, -0.05) is 95.2 Å². The Morgan fingerprint density at radius 3 is 2.23 bits per heavy atom. The van der Waals surface area contributed by atoms with E-state index in [1.54, 1.807) is 0 Å². The Morgan fingerprint density at radius 1 is 0.767 bits per heavy atom. The van der Waals surface area contributed by atoms with Gasteiger partial charge < -0.3 is 9.47 Å². The Balaban J connectivity index is 1.60. The molecule has 3 rings (SSSR count). The third kappa shape index (κ3) is 5.98. The van der Waals surface area contributed by atoms with Gasteiger partial charge in [0, 0.05) is 10.8 Å². The molecule has 0 saturated carbocycles. The molecule has 0 amide bonds. The molecule has 0 N–H and O–H groups in total. The van der Waals surface area contributed by atoms with Crippen molar-refractivity contribution in [1.82, 2.24) is 0 Å². The molecular formula is C27H34O3. The van der Waals surface area contributed by atoms with Gasteiger partial charge in [-0.15, -0.1) is 0 Å². The topological polar surface area (TPSA) is 35.5 Å². The highest BCUT2D eigenvalue weighted by Crippen LogP contribution is 2.35. The Kier molecular flexibility index (Phi) is 8.55. The fraction of sp³-hybridized carbons (Fsp3) is 0.444. The first kappa shape index (κ1) is 22.1. The molecular weight excluding hydrogens is 372 g/mol. The van der Waals surface area contributed by atoms with E-state index in [0.29, 0.717) is 12.4 Å². The predicted molar refractivity (Wildman–Crippen MR) is 125 cm³/mol. The van der Waals surface area contributed by atoms with Crippen LogP contribution < -0.4 is 4.74 Å². The summed E-state index contributed by atoms with van der Waals surface area (Å²) in [5, 5.41) is 4.01. The van der Waals surface area contributed by atoms with Gasteiger partial charge in [0.1, 0.15) is 5.75 Å². The maximum absolute atomic E-state index is 12.4. The summed E-state index contributed by atoms with van der Waals surface area (Å²) in [4.78, 5) is 12.4. The number of unbranched alkanes of at least 4 members (excludes halogenated alkanes) is 7. The summed E-state index contributed by atoms with van der Waals surface area (Å²) in [6.45, 7) is 4.78. The summed E-state index contributed by atoms with van der Waals surface area (Å²) in [6, 6.07) is 16.5. The summed E-state index contributed by atoms with van der Waals surface area (Å²) >= 11 is 0. The van der Waals surface area contributed by atoms with Crippen LogP contribution in [-0.4, -0.2) is 12.8 Å². The van der Waals surface area contributed by atoms with Crippen molar-refractivity contribution < 1.29 is 14.3 Å². The van der Waals surface area contributed by atoms with E-state index in [0.717, 1.165) is 40.8 Å². The second kappa shape index (κ2) is 11.6. The average molecular weight is 407 g/mol. The fourth-order valence-electron chi connectivity index (χ4n) is 3.90. The van der Waals surface area contributed by atoms with E-state index in [1.165, 1.54) is 44.1 Å². The molecule has 0 bridgehead atoms.